The second kappa shape index (κ2) is 6.59. The maximum Gasteiger partial charge on any atom is 0.271 e. The van der Waals surface area contributed by atoms with Gasteiger partial charge in [-0.15, -0.1) is 11.3 Å². The molecular weight excluding hydrogens is 365 g/mol. The molecule has 0 aliphatic rings. The van der Waals surface area contributed by atoms with Gasteiger partial charge in [0.25, 0.3) is 5.56 Å². The van der Waals surface area contributed by atoms with Gasteiger partial charge in [0.2, 0.25) is 0 Å². The Balaban J connectivity index is 1.71. The Hall–Kier alpha value is -3.06. The van der Waals surface area contributed by atoms with E-state index in [1.165, 1.54) is 34.4 Å². The number of thiophene rings is 1. The molecule has 0 atom stereocenters. The molecule has 0 bridgehead atoms. The van der Waals surface area contributed by atoms with E-state index in [4.69, 9.17) is 0 Å². The minimum Gasteiger partial charge on any atom is -0.318 e. The van der Waals surface area contributed by atoms with E-state index in [-0.39, 0.29) is 23.7 Å². The summed E-state index contributed by atoms with van der Waals surface area (Å²) in [6.45, 7) is 3.59. The lowest BCUT2D eigenvalue weighted by Crippen LogP contribution is -2.24. The molecule has 0 fully saturated rings. The van der Waals surface area contributed by atoms with Crippen LogP contribution in [0, 0.1) is 19.7 Å². The van der Waals surface area contributed by atoms with Crippen LogP contribution in [0.4, 0.5) is 4.39 Å². The van der Waals surface area contributed by atoms with Crippen molar-refractivity contribution in [3.8, 4) is 5.69 Å². The smallest absolute Gasteiger partial charge is 0.271 e. The fourth-order valence-corrected chi connectivity index (χ4v) is 4.08. The number of nitrogens with zero attached hydrogens (tertiary/aromatic N) is 3. The fraction of sp³-hybridized carbons (Fsp3) is 0.150. The number of fused-ring (bicyclic) bond motifs is 1. The van der Waals surface area contributed by atoms with Crippen LogP contribution < -0.4 is 5.56 Å². The van der Waals surface area contributed by atoms with Crippen molar-refractivity contribution in [2.75, 3.05) is 0 Å². The number of hydrogen-bond acceptors (Lipinski definition) is 4. The lowest BCUT2D eigenvalue weighted by Gasteiger charge is -2.10. The highest BCUT2D eigenvalue weighted by atomic mass is 32.1. The molecule has 7 heteroatoms. The number of benzene rings is 1. The second-order valence-electron chi connectivity index (χ2n) is 6.34. The van der Waals surface area contributed by atoms with E-state index in [1.807, 2.05) is 18.4 Å². The lowest BCUT2D eigenvalue weighted by molar-refractivity contribution is 0.0970. The SMILES string of the molecule is Cc1cc(C(=O)Cn2cnc3ccsc3c2=O)c(C)n1-c1cccc(F)c1. The quantitative estimate of drug-likeness (QED) is 0.504. The Labute approximate surface area is 158 Å². The van der Waals surface area contributed by atoms with Crippen molar-refractivity contribution in [2.24, 2.45) is 0 Å². The summed E-state index contributed by atoms with van der Waals surface area (Å²) >= 11 is 1.31. The molecule has 3 heterocycles. The number of Topliss-reactive ketones (excluding diaryl/α,β-unsaturated/α-hetero) is 1. The van der Waals surface area contributed by atoms with E-state index < -0.39 is 0 Å². The number of ketones is 1. The van der Waals surface area contributed by atoms with Crippen molar-refractivity contribution in [1.82, 2.24) is 14.1 Å². The van der Waals surface area contributed by atoms with Crippen LogP contribution in [-0.2, 0) is 6.54 Å². The van der Waals surface area contributed by atoms with Gasteiger partial charge in [-0.1, -0.05) is 6.07 Å². The van der Waals surface area contributed by atoms with Crippen molar-refractivity contribution < 1.29 is 9.18 Å². The molecule has 0 unspecified atom stereocenters. The fourth-order valence-electron chi connectivity index (χ4n) is 3.29. The van der Waals surface area contributed by atoms with Crippen LogP contribution in [0.5, 0.6) is 0 Å². The number of aromatic nitrogens is 3. The van der Waals surface area contributed by atoms with E-state index in [2.05, 4.69) is 4.98 Å². The third-order valence-corrected chi connectivity index (χ3v) is 5.44. The van der Waals surface area contributed by atoms with Crippen LogP contribution in [-0.4, -0.2) is 19.9 Å². The molecule has 27 heavy (non-hydrogen) atoms. The summed E-state index contributed by atoms with van der Waals surface area (Å²) in [6, 6.07) is 9.77. The summed E-state index contributed by atoms with van der Waals surface area (Å²) in [5.74, 6) is -0.527. The summed E-state index contributed by atoms with van der Waals surface area (Å²) in [5.41, 5.74) is 3.11. The second-order valence-corrected chi connectivity index (χ2v) is 7.25. The Bertz CT molecular complexity index is 1240. The monoisotopic (exact) mass is 381 g/mol. The van der Waals surface area contributed by atoms with Gasteiger partial charge in [-0.2, -0.15) is 0 Å². The zero-order valence-corrected chi connectivity index (χ0v) is 15.6. The number of aryl methyl sites for hydroxylation is 1. The summed E-state index contributed by atoms with van der Waals surface area (Å²) in [4.78, 5) is 29.6. The van der Waals surface area contributed by atoms with Gasteiger partial charge in [0.05, 0.1) is 18.4 Å². The molecule has 0 spiro atoms. The first-order valence-electron chi connectivity index (χ1n) is 8.36. The predicted molar refractivity (Wildman–Crippen MR) is 103 cm³/mol. The van der Waals surface area contributed by atoms with Crippen LogP contribution in [0.1, 0.15) is 21.7 Å². The highest BCUT2D eigenvalue weighted by Gasteiger charge is 2.18. The largest absolute Gasteiger partial charge is 0.318 e. The molecule has 0 saturated heterocycles. The number of carbonyl (C=O) groups is 1. The van der Waals surface area contributed by atoms with Gasteiger partial charge >= 0.3 is 0 Å². The zero-order valence-electron chi connectivity index (χ0n) is 14.8. The maximum atomic E-state index is 13.6. The average molecular weight is 381 g/mol. The highest BCUT2D eigenvalue weighted by molar-refractivity contribution is 7.17. The van der Waals surface area contributed by atoms with Gasteiger partial charge in [0.15, 0.2) is 5.78 Å². The Morgan fingerprint density at radius 2 is 2.04 bits per heavy atom. The molecule has 0 amide bonds. The van der Waals surface area contributed by atoms with Crippen molar-refractivity contribution in [2.45, 2.75) is 20.4 Å². The van der Waals surface area contributed by atoms with Crippen LogP contribution in [0.25, 0.3) is 15.9 Å². The molecule has 1 aromatic carbocycles. The average Bonchev–Trinajstić information content (AvgIpc) is 3.22. The molecule has 0 aliphatic carbocycles. The van der Waals surface area contributed by atoms with Gasteiger partial charge in [-0.25, -0.2) is 9.37 Å². The first kappa shape index (κ1) is 17.4. The van der Waals surface area contributed by atoms with E-state index >= 15 is 0 Å². The van der Waals surface area contributed by atoms with Gasteiger partial charge in [-0.05, 0) is 49.6 Å². The van der Waals surface area contributed by atoms with Crippen LogP contribution in [0.15, 0.2) is 52.9 Å². The molecule has 0 aliphatic heterocycles. The predicted octanol–water partition coefficient (Wildman–Crippen LogP) is 3.89. The third kappa shape index (κ3) is 3.00. The topological polar surface area (TPSA) is 56.9 Å². The number of rotatable bonds is 4. The molecule has 4 aromatic rings. The van der Waals surface area contributed by atoms with Crippen molar-refractivity contribution in [3.05, 3.63) is 81.2 Å². The molecule has 4 rings (SSSR count). The van der Waals surface area contributed by atoms with Gasteiger partial charge in [0.1, 0.15) is 10.5 Å². The highest BCUT2D eigenvalue weighted by Crippen LogP contribution is 2.22. The minimum absolute atomic E-state index is 0.0902. The van der Waals surface area contributed by atoms with Crippen molar-refractivity contribution >= 4 is 27.3 Å². The molecule has 5 nitrogen and oxygen atoms in total. The summed E-state index contributed by atoms with van der Waals surface area (Å²) < 4.78 is 17.3. The first-order chi connectivity index (χ1) is 13.0. The van der Waals surface area contributed by atoms with E-state index in [0.29, 0.717) is 27.2 Å². The summed E-state index contributed by atoms with van der Waals surface area (Å²) in [5, 5.41) is 1.80. The Morgan fingerprint density at radius 1 is 1.22 bits per heavy atom. The summed E-state index contributed by atoms with van der Waals surface area (Å²) in [7, 11) is 0. The van der Waals surface area contributed by atoms with Crippen LogP contribution in [0.3, 0.4) is 0 Å². The van der Waals surface area contributed by atoms with Crippen molar-refractivity contribution in [1.29, 1.82) is 0 Å². The number of hydrogen-bond donors (Lipinski definition) is 0. The maximum absolute atomic E-state index is 13.6. The molecule has 136 valence electrons. The molecular formula is C20H16FN3O2S. The van der Waals surface area contributed by atoms with E-state index in [1.54, 1.807) is 29.6 Å². The van der Waals surface area contributed by atoms with E-state index in [9.17, 15) is 14.0 Å². The standard InChI is InChI=1S/C20H16FN3O2S/c1-12-8-16(13(2)24(12)15-5-3-4-14(21)9-15)18(25)10-23-11-22-17-6-7-27-19(17)20(23)26/h3-9,11H,10H2,1-2H3. The molecule has 3 aromatic heterocycles. The van der Waals surface area contributed by atoms with Crippen LogP contribution in [0.2, 0.25) is 0 Å². The van der Waals surface area contributed by atoms with Crippen molar-refractivity contribution in [3.63, 3.8) is 0 Å². The Morgan fingerprint density at radius 3 is 2.81 bits per heavy atom. The normalized spacial score (nSPS) is 11.2. The zero-order chi connectivity index (χ0) is 19.1. The first-order valence-corrected chi connectivity index (χ1v) is 9.24. The summed E-state index contributed by atoms with van der Waals surface area (Å²) in [6.07, 6.45) is 1.40. The van der Waals surface area contributed by atoms with Gasteiger partial charge < -0.3 is 4.57 Å². The van der Waals surface area contributed by atoms with E-state index in [0.717, 1.165) is 5.69 Å². The lowest BCUT2D eigenvalue weighted by atomic mass is 10.1. The van der Waals surface area contributed by atoms with Crippen LogP contribution >= 0.6 is 11.3 Å². The third-order valence-electron chi connectivity index (χ3n) is 4.55. The Kier molecular flexibility index (Phi) is 4.24. The molecule has 0 N–H and O–H groups in total. The van der Waals surface area contributed by atoms with Gasteiger partial charge in [-0.3, -0.25) is 14.2 Å². The minimum atomic E-state index is -0.338. The van der Waals surface area contributed by atoms with Gasteiger partial charge in [0, 0.05) is 22.6 Å². The number of halogens is 1. The molecule has 0 radical (unpaired) electrons. The molecule has 0 saturated carbocycles. The number of carbonyl (C=O) groups excluding carboxylic acids is 1.